The van der Waals surface area contributed by atoms with Crippen LogP contribution in [0.25, 0.3) is 0 Å². The smallest absolute Gasteiger partial charge is 0.240 e. The predicted molar refractivity (Wildman–Crippen MR) is 101 cm³/mol. The molecule has 0 saturated heterocycles. The molecule has 6 nitrogen and oxygen atoms in total. The third-order valence-electron chi connectivity index (χ3n) is 2.69. The minimum Gasteiger partial charge on any atom is -0.357 e. The quantitative estimate of drug-likeness (QED) is 0.260. The zero-order valence-electron chi connectivity index (χ0n) is 13.2. The molecule has 22 heavy (non-hydrogen) atoms. The first-order valence-corrected chi connectivity index (χ1v) is 8.56. The number of halogens is 1. The van der Waals surface area contributed by atoms with Crippen molar-refractivity contribution in [2.75, 3.05) is 26.2 Å². The summed E-state index contributed by atoms with van der Waals surface area (Å²) in [5.74, 6) is 0.689. The van der Waals surface area contributed by atoms with Crippen molar-refractivity contribution in [1.82, 2.24) is 15.4 Å². The summed E-state index contributed by atoms with van der Waals surface area (Å²) in [7, 11) is -3.46. The maximum absolute atomic E-state index is 12.0. The molecule has 0 heterocycles. The lowest BCUT2D eigenvalue weighted by Crippen LogP contribution is -2.37. The maximum atomic E-state index is 12.0. The molecule has 0 aliphatic carbocycles. The maximum Gasteiger partial charge on any atom is 0.240 e. The van der Waals surface area contributed by atoms with Gasteiger partial charge >= 0.3 is 0 Å². The molecular weight excluding hydrogens is 415 g/mol. The molecule has 0 aromatic heterocycles. The van der Waals surface area contributed by atoms with Crippen molar-refractivity contribution < 1.29 is 8.42 Å². The van der Waals surface area contributed by atoms with E-state index in [9.17, 15) is 8.42 Å². The Morgan fingerprint density at radius 3 is 2.14 bits per heavy atom. The predicted octanol–water partition coefficient (Wildman–Crippen LogP) is 1.47. The van der Waals surface area contributed by atoms with Crippen molar-refractivity contribution in [2.24, 2.45) is 4.99 Å². The second kappa shape index (κ2) is 10.8. The van der Waals surface area contributed by atoms with Crippen LogP contribution in [0, 0.1) is 6.92 Å². The fraction of sp³-hybridized carbons (Fsp3) is 0.500. The highest BCUT2D eigenvalue weighted by Gasteiger charge is 2.12. The van der Waals surface area contributed by atoms with Crippen molar-refractivity contribution in [3.63, 3.8) is 0 Å². The van der Waals surface area contributed by atoms with Crippen LogP contribution in [0.5, 0.6) is 0 Å². The van der Waals surface area contributed by atoms with Crippen molar-refractivity contribution >= 4 is 40.0 Å². The molecule has 0 aliphatic rings. The van der Waals surface area contributed by atoms with Crippen LogP contribution >= 0.6 is 24.0 Å². The highest BCUT2D eigenvalue weighted by molar-refractivity contribution is 14.0. The minimum atomic E-state index is -3.46. The number of nitrogens with zero attached hydrogens (tertiary/aromatic N) is 1. The van der Waals surface area contributed by atoms with Crippen LogP contribution < -0.4 is 15.4 Å². The van der Waals surface area contributed by atoms with Gasteiger partial charge in [0.05, 0.1) is 11.4 Å². The van der Waals surface area contributed by atoms with E-state index in [-0.39, 0.29) is 35.4 Å². The summed E-state index contributed by atoms with van der Waals surface area (Å²) < 4.78 is 26.6. The minimum absolute atomic E-state index is 0. The molecule has 8 heteroatoms. The molecule has 0 unspecified atom stereocenters. The van der Waals surface area contributed by atoms with Gasteiger partial charge in [0.15, 0.2) is 5.96 Å². The molecule has 1 aromatic carbocycles. The molecule has 0 saturated carbocycles. The Kier molecular flexibility index (Phi) is 10.4. The summed E-state index contributed by atoms with van der Waals surface area (Å²) in [5, 5.41) is 6.16. The fourth-order valence-electron chi connectivity index (χ4n) is 1.66. The molecule has 126 valence electrons. The number of sulfonamides is 1. The number of guanidine groups is 1. The van der Waals surface area contributed by atoms with Crippen LogP contribution in [0.3, 0.4) is 0 Å². The zero-order chi connectivity index (χ0) is 15.7. The number of aryl methyl sites for hydroxylation is 1. The Morgan fingerprint density at radius 2 is 1.64 bits per heavy atom. The Hall–Kier alpha value is -0.870. The third-order valence-corrected chi connectivity index (χ3v) is 4.17. The normalized spacial score (nSPS) is 10.5. The van der Waals surface area contributed by atoms with Gasteiger partial charge in [-0.2, -0.15) is 0 Å². The summed E-state index contributed by atoms with van der Waals surface area (Å²) in [5.41, 5.74) is 1.03. The standard InChI is InChI=1S/C14H24N4O2S.HI/c1-4-15-14(16-5-2)17-10-11-18-21(19,20)13-8-6-12(3)7-9-13;/h6-9,18H,4-5,10-11H2,1-3H3,(H2,15,16,17);1H. The van der Waals surface area contributed by atoms with Crippen molar-refractivity contribution in [3.05, 3.63) is 29.8 Å². The van der Waals surface area contributed by atoms with E-state index in [4.69, 9.17) is 0 Å². The number of rotatable bonds is 7. The Balaban J connectivity index is 0.00000441. The zero-order valence-corrected chi connectivity index (χ0v) is 16.4. The second-order valence-corrected chi connectivity index (χ2v) is 6.27. The first-order chi connectivity index (χ1) is 9.99. The van der Waals surface area contributed by atoms with Gasteiger partial charge in [-0.1, -0.05) is 17.7 Å². The van der Waals surface area contributed by atoms with E-state index in [0.29, 0.717) is 12.5 Å². The van der Waals surface area contributed by atoms with Gasteiger partial charge in [0.2, 0.25) is 10.0 Å². The SMILES string of the molecule is CCNC(=NCCNS(=O)(=O)c1ccc(C)cc1)NCC.I. The molecule has 0 aliphatic heterocycles. The first kappa shape index (κ1) is 21.1. The molecule has 0 fully saturated rings. The Labute approximate surface area is 150 Å². The summed E-state index contributed by atoms with van der Waals surface area (Å²) in [4.78, 5) is 4.56. The lowest BCUT2D eigenvalue weighted by atomic mass is 10.2. The highest BCUT2D eigenvalue weighted by atomic mass is 127. The molecule has 3 N–H and O–H groups in total. The van der Waals surface area contributed by atoms with Gasteiger partial charge in [-0.15, -0.1) is 24.0 Å². The van der Waals surface area contributed by atoms with Gasteiger partial charge in [-0.3, -0.25) is 4.99 Å². The Morgan fingerprint density at radius 1 is 1.09 bits per heavy atom. The molecule has 0 radical (unpaired) electrons. The first-order valence-electron chi connectivity index (χ1n) is 7.08. The second-order valence-electron chi connectivity index (χ2n) is 4.50. The van der Waals surface area contributed by atoms with Gasteiger partial charge < -0.3 is 10.6 Å². The lowest BCUT2D eigenvalue weighted by molar-refractivity contribution is 0.582. The van der Waals surface area contributed by atoms with Gasteiger partial charge in [-0.25, -0.2) is 13.1 Å². The summed E-state index contributed by atoms with van der Waals surface area (Å²) >= 11 is 0. The average molecular weight is 440 g/mol. The highest BCUT2D eigenvalue weighted by Crippen LogP contribution is 2.09. The van der Waals surface area contributed by atoms with E-state index in [0.717, 1.165) is 18.7 Å². The van der Waals surface area contributed by atoms with E-state index in [1.807, 2.05) is 20.8 Å². The largest absolute Gasteiger partial charge is 0.357 e. The van der Waals surface area contributed by atoms with Crippen LogP contribution in [0.15, 0.2) is 34.2 Å². The summed E-state index contributed by atoms with van der Waals surface area (Å²) in [6.45, 7) is 8.04. The summed E-state index contributed by atoms with van der Waals surface area (Å²) in [6, 6.07) is 6.76. The number of hydrogen-bond acceptors (Lipinski definition) is 3. The van der Waals surface area contributed by atoms with Crippen molar-refractivity contribution in [2.45, 2.75) is 25.7 Å². The van der Waals surface area contributed by atoms with E-state index in [1.165, 1.54) is 0 Å². The van der Waals surface area contributed by atoms with Crippen molar-refractivity contribution in [3.8, 4) is 0 Å². The van der Waals surface area contributed by atoms with Crippen LogP contribution in [-0.2, 0) is 10.0 Å². The topological polar surface area (TPSA) is 82.6 Å². The molecular formula is C14H25IN4O2S. The monoisotopic (exact) mass is 440 g/mol. The molecule has 1 aromatic rings. The van der Waals surface area contributed by atoms with Crippen LogP contribution in [0.1, 0.15) is 19.4 Å². The Bertz CT molecular complexity index is 551. The molecule has 0 amide bonds. The molecule has 0 atom stereocenters. The number of aliphatic imine (C=N–C) groups is 1. The van der Waals surface area contributed by atoms with E-state index in [1.54, 1.807) is 24.3 Å². The molecule has 0 spiro atoms. The van der Waals surface area contributed by atoms with Crippen LogP contribution in [0.4, 0.5) is 0 Å². The van der Waals surface area contributed by atoms with Gasteiger partial charge in [0.25, 0.3) is 0 Å². The lowest BCUT2D eigenvalue weighted by Gasteiger charge is -2.09. The summed E-state index contributed by atoms with van der Waals surface area (Å²) in [6.07, 6.45) is 0. The molecule has 1 rings (SSSR count). The van der Waals surface area contributed by atoms with E-state index < -0.39 is 10.0 Å². The average Bonchev–Trinajstić information content (AvgIpc) is 2.44. The van der Waals surface area contributed by atoms with Crippen LogP contribution in [0.2, 0.25) is 0 Å². The van der Waals surface area contributed by atoms with E-state index in [2.05, 4.69) is 20.3 Å². The van der Waals surface area contributed by atoms with Gasteiger partial charge in [-0.05, 0) is 32.9 Å². The number of nitrogens with one attached hydrogen (secondary N) is 3. The van der Waals surface area contributed by atoms with Crippen LogP contribution in [-0.4, -0.2) is 40.6 Å². The number of hydrogen-bond donors (Lipinski definition) is 3. The van der Waals surface area contributed by atoms with Gasteiger partial charge in [0.1, 0.15) is 0 Å². The fourth-order valence-corrected chi connectivity index (χ4v) is 2.68. The van der Waals surface area contributed by atoms with Crippen molar-refractivity contribution in [1.29, 1.82) is 0 Å². The van der Waals surface area contributed by atoms with E-state index >= 15 is 0 Å². The number of benzene rings is 1. The molecule has 0 bridgehead atoms. The third kappa shape index (κ3) is 7.41. The van der Waals surface area contributed by atoms with Gasteiger partial charge in [0, 0.05) is 19.6 Å².